The fourth-order valence-corrected chi connectivity index (χ4v) is 3.36. The quantitative estimate of drug-likeness (QED) is 0.838. The molecule has 1 N–H and O–H groups in total. The average molecular weight is 269 g/mol. The Labute approximate surface area is 105 Å². The molecule has 7 heteroatoms. The van der Waals surface area contributed by atoms with Crippen molar-refractivity contribution in [3.05, 3.63) is 30.1 Å². The fourth-order valence-electron chi connectivity index (χ4n) is 1.83. The molecule has 2 rings (SSSR count). The van der Waals surface area contributed by atoms with Crippen LogP contribution in [0.4, 0.5) is 4.39 Å². The van der Waals surface area contributed by atoms with Gasteiger partial charge in [0.1, 0.15) is 11.9 Å². The zero-order valence-electron chi connectivity index (χ0n) is 9.51. The molecule has 1 aliphatic rings. The smallest absolute Gasteiger partial charge is 0.244 e. The van der Waals surface area contributed by atoms with Gasteiger partial charge in [-0.15, -0.1) is 0 Å². The van der Waals surface area contributed by atoms with Crippen molar-refractivity contribution in [2.45, 2.75) is 10.9 Å². The molecular weight excluding hydrogens is 257 g/mol. The molecule has 1 aromatic rings. The van der Waals surface area contributed by atoms with Gasteiger partial charge in [-0.1, -0.05) is 0 Å². The van der Waals surface area contributed by atoms with E-state index >= 15 is 0 Å². The SMILES string of the molecule is N#CC1CNCCN1S(=O)(=O)c1ccc(F)cc1. The van der Waals surface area contributed by atoms with Crippen LogP contribution < -0.4 is 5.32 Å². The summed E-state index contributed by atoms with van der Waals surface area (Å²) in [7, 11) is -3.74. The normalized spacial score (nSPS) is 21.4. The number of rotatable bonds is 2. The molecule has 0 saturated carbocycles. The Hall–Kier alpha value is -1.49. The van der Waals surface area contributed by atoms with Crippen LogP contribution in [0.5, 0.6) is 0 Å². The van der Waals surface area contributed by atoms with E-state index in [1.54, 1.807) is 0 Å². The molecule has 0 aromatic heterocycles. The highest BCUT2D eigenvalue weighted by molar-refractivity contribution is 7.89. The fraction of sp³-hybridized carbons (Fsp3) is 0.364. The second-order valence-electron chi connectivity index (χ2n) is 3.92. The second kappa shape index (κ2) is 5.02. The molecule has 0 bridgehead atoms. The molecule has 1 heterocycles. The zero-order chi connectivity index (χ0) is 13.2. The van der Waals surface area contributed by atoms with Crippen molar-refractivity contribution in [2.24, 2.45) is 0 Å². The van der Waals surface area contributed by atoms with Crippen molar-refractivity contribution in [1.82, 2.24) is 9.62 Å². The van der Waals surface area contributed by atoms with E-state index in [-0.39, 0.29) is 11.4 Å². The predicted molar refractivity (Wildman–Crippen MR) is 62.6 cm³/mol. The summed E-state index contributed by atoms with van der Waals surface area (Å²) in [5.41, 5.74) is 0. The first-order valence-electron chi connectivity index (χ1n) is 5.43. The van der Waals surface area contributed by atoms with E-state index in [2.05, 4.69) is 5.32 Å². The highest BCUT2D eigenvalue weighted by Crippen LogP contribution is 2.19. The van der Waals surface area contributed by atoms with E-state index in [4.69, 9.17) is 5.26 Å². The highest BCUT2D eigenvalue weighted by atomic mass is 32.2. The maximum absolute atomic E-state index is 12.8. The van der Waals surface area contributed by atoms with E-state index in [0.29, 0.717) is 13.1 Å². The lowest BCUT2D eigenvalue weighted by molar-refractivity contribution is 0.312. The maximum Gasteiger partial charge on any atom is 0.244 e. The summed E-state index contributed by atoms with van der Waals surface area (Å²) >= 11 is 0. The molecule has 0 radical (unpaired) electrons. The maximum atomic E-state index is 12.8. The van der Waals surface area contributed by atoms with E-state index in [1.165, 1.54) is 12.1 Å². The largest absolute Gasteiger partial charge is 0.313 e. The lowest BCUT2D eigenvalue weighted by atomic mass is 10.3. The van der Waals surface area contributed by atoms with Gasteiger partial charge in [0.2, 0.25) is 10.0 Å². The molecular formula is C11H12FN3O2S. The van der Waals surface area contributed by atoms with Crippen LogP contribution in [0, 0.1) is 17.1 Å². The van der Waals surface area contributed by atoms with Crippen LogP contribution in [0.2, 0.25) is 0 Å². The topological polar surface area (TPSA) is 73.2 Å². The predicted octanol–water partition coefficient (Wildman–Crippen LogP) is 0.312. The van der Waals surface area contributed by atoms with Crippen LogP contribution >= 0.6 is 0 Å². The number of piperazine rings is 1. The third-order valence-corrected chi connectivity index (χ3v) is 4.69. The van der Waals surface area contributed by atoms with Crippen LogP contribution in [0.3, 0.4) is 0 Å². The lowest BCUT2D eigenvalue weighted by Crippen LogP contribution is -2.52. The number of nitriles is 1. The van der Waals surface area contributed by atoms with Gasteiger partial charge in [0, 0.05) is 19.6 Å². The first-order chi connectivity index (χ1) is 8.55. The van der Waals surface area contributed by atoms with Crippen LogP contribution in [0.1, 0.15) is 0 Å². The van der Waals surface area contributed by atoms with E-state index in [1.807, 2.05) is 6.07 Å². The van der Waals surface area contributed by atoms with Crippen LogP contribution in [-0.2, 0) is 10.0 Å². The molecule has 0 aliphatic carbocycles. The molecule has 0 spiro atoms. The Kier molecular flexibility index (Phi) is 3.61. The van der Waals surface area contributed by atoms with Gasteiger partial charge in [-0.2, -0.15) is 9.57 Å². The van der Waals surface area contributed by atoms with E-state index < -0.39 is 21.9 Å². The van der Waals surface area contributed by atoms with Crippen molar-refractivity contribution in [3.63, 3.8) is 0 Å². The first-order valence-corrected chi connectivity index (χ1v) is 6.87. The van der Waals surface area contributed by atoms with Gasteiger partial charge >= 0.3 is 0 Å². The Morgan fingerprint density at radius 3 is 2.67 bits per heavy atom. The summed E-state index contributed by atoms with van der Waals surface area (Å²) in [4.78, 5) is 0.00560. The number of halogens is 1. The second-order valence-corrected chi connectivity index (χ2v) is 5.81. The molecule has 1 fully saturated rings. The minimum absolute atomic E-state index is 0.00560. The minimum Gasteiger partial charge on any atom is -0.313 e. The number of nitrogens with zero attached hydrogens (tertiary/aromatic N) is 2. The molecule has 1 aromatic carbocycles. The minimum atomic E-state index is -3.74. The lowest BCUT2D eigenvalue weighted by Gasteiger charge is -2.30. The summed E-state index contributed by atoms with van der Waals surface area (Å²) < 4.78 is 38.5. The first kappa shape index (κ1) is 13.0. The van der Waals surface area contributed by atoms with Crippen molar-refractivity contribution in [3.8, 4) is 6.07 Å². The Morgan fingerprint density at radius 2 is 2.06 bits per heavy atom. The van der Waals surface area contributed by atoms with Crippen LogP contribution in [0.15, 0.2) is 29.2 Å². The van der Waals surface area contributed by atoms with Gasteiger partial charge in [-0.25, -0.2) is 12.8 Å². The number of benzene rings is 1. The molecule has 5 nitrogen and oxygen atoms in total. The standard InChI is InChI=1S/C11H12FN3O2S/c12-9-1-3-11(4-2-9)18(16,17)15-6-5-14-8-10(15)7-13/h1-4,10,14H,5-6,8H2. The van der Waals surface area contributed by atoms with E-state index in [0.717, 1.165) is 16.4 Å². The molecule has 0 amide bonds. The van der Waals surface area contributed by atoms with Gasteiger partial charge in [0.25, 0.3) is 0 Å². The summed E-state index contributed by atoms with van der Waals surface area (Å²) in [6.45, 7) is 1.04. The van der Waals surface area contributed by atoms with Gasteiger partial charge in [-0.3, -0.25) is 0 Å². The summed E-state index contributed by atoms with van der Waals surface area (Å²) in [5, 5.41) is 11.9. The van der Waals surface area contributed by atoms with Crippen LogP contribution in [0.25, 0.3) is 0 Å². The zero-order valence-corrected chi connectivity index (χ0v) is 10.3. The summed E-state index contributed by atoms with van der Waals surface area (Å²) in [5.74, 6) is -0.494. The molecule has 1 unspecified atom stereocenters. The monoisotopic (exact) mass is 269 g/mol. The molecule has 96 valence electrons. The summed E-state index contributed by atoms with van der Waals surface area (Å²) in [6.07, 6.45) is 0. The van der Waals surface area contributed by atoms with Crippen molar-refractivity contribution >= 4 is 10.0 Å². The van der Waals surface area contributed by atoms with Crippen molar-refractivity contribution in [1.29, 1.82) is 5.26 Å². The van der Waals surface area contributed by atoms with Crippen LogP contribution in [-0.4, -0.2) is 38.4 Å². The third kappa shape index (κ3) is 2.36. The highest BCUT2D eigenvalue weighted by Gasteiger charge is 2.33. The Morgan fingerprint density at radius 1 is 1.39 bits per heavy atom. The van der Waals surface area contributed by atoms with Crippen molar-refractivity contribution in [2.75, 3.05) is 19.6 Å². The van der Waals surface area contributed by atoms with E-state index in [9.17, 15) is 12.8 Å². The van der Waals surface area contributed by atoms with Gasteiger partial charge < -0.3 is 5.32 Å². The number of sulfonamides is 1. The number of hydrogen-bond acceptors (Lipinski definition) is 4. The third-order valence-electron chi connectivity index (χ3n) is 2.76. The Balaban J connectivity index is 2.35. The molecule has 1 saturated heterocycles. The summed E-state index contributed by atoms with van der Waals surface area (Å²) in [6, 6.07) is 5.83. The van der Waals surface area contributed by atoms with Gasteiger partial charge in [-0.05, 0) is 24.3 Å². The Bertz CT molecular complexity index is 565. The number of hydrogen-bond donors (Lipinski definition) is 1. The van der Waals surface area contributed by atoms with Gasteiger partial charge in [0.15, 0.2) is 0 Å². The molecule has 1 atom stereocenters. The van der Waals surface area contributed by atoms with Gasteiger partial charge in [0.05, 0.1) is 11.0 Å². The average Bonchev–Trinajstić information content (AvgIpc) is 2.39. The molecule has 18 heavy (non-hydrogen) atoms. The molecule has 1 aliphatic heterocycles. The van der Waals surface area contributed by atoms with Crippen molar-refractivity contribution < 1.29 is 12.8 Å². The number of nitrogens with one attached hydrogen (secondary N) is 1.